The number of aromatic nitrogens is 5. The summed E-state index contributed by atoms with van der Waals surface area (Å²) in [5, 5.41) is 6.41. The number of imidazole rings is 1. The van der Waals surface area contributed by atoms with Crippen LogP contribution in [0.1, 0.15) is 11.3 Å². The van der Waals surface area contributed by atoms with Crippen LogP contribution in [0.25, 0.3) is 5.65 Å². The third-order valence-corrected chi connectivity index (χ3v) is 3.92. The van der Waals surface area contributed by atoms with Crippen LogP contribution < -0.4 is 15.4 Å². The lowest BCUT2D eigenvalue weighted by Gasteiger charge is -2.11. The SMILES string of the molecule is COc1cc(Nc2ccn3ccnc3c2)nc(Nc2cc(C)cc(C)n2)n1. The molecule has 4 rings (SSSR count). The number of nitrogens with one attached hydrogen (secondary N) is 2. The monoisotopic (exact) mass is 361 g/mol. The molecule has 0 unspecified atom stereocenters. The third-order valence-electron chi connectivity index (χ3n) is 3.92. The van der Waals surface area contributed by atoms with Gasteiger partial charge in [-0.3, -0.25) is 0 Å². The summed E-state index contributed by atoms with van der Waals surface area (Å²) in [7, 11) is 1.57. The van der Waals surface area contributed by atoms with Gasteiger partial charge in [0.25, 0.3) is 0 Å². The highest BCUT2D eigenvalue weighted by molar-refractivity contribution is 5.63. The number of rotatable bonds is 5. The highest BCUT2D eigenvalue weighted by Gasteiger charge is 2.08. The van der Waals surface area contributed by atoms with Crippen molar-refractivity contribution in [3.8, 4) is 5.88 Å². The van der Waals surface area contributed by atoms with Crippen molar-refractivity contribution in [3.63, 3.8) is 0 Å². The second kappa shape index (κ2) is 6.91. The maximum Gasteiger partial charge on any atom is 0.233 e. The summed E-state index contributed by atoms with van der Waals surface area (Å²) in [4.78, 5) is 17.6. The molecule has 8 nitrogen and oxygen atoms in total. The number of hydrogen-bond donors (Lipinski definition) is 2. The van der Waals surface area contributed by atoms with E-state index in [-0.39, 0.29) is 0 Å². The van der Waals surface area contributed by atoms with Crippen molar-refractivity contribution in [2.75, 3.05) is 17.7 Å². The lowest BCUT2D eigenvalue weighted by atomic mass is 10.2. The smallest absolute Gasteiger partial charge is 0.233 e. The van der Waals surface area contributed by atoms with Crippen LogP contribution >= 0.6 is 0 Å². The third kappa shape index (κ3) is 3.79. The van der Waals surface area contributed by atoms with Crippen LogP contribution in [-0.2, 0) is 0 Å². The summed E-state index contributed by atoms with van der Waals surface area (Å²) in [5.41, 5.74) is 3.75. The van der Waals surface area contributed by atoms with E-state index in [2.05, 4.69) is 30.6 Å². The molecule has 0 saturated heterocycles. The van der Waals surface area contributed by atoms with Crippen LogP contribution in [-0.4, -0.2) is 31.4 Å². The van der Waals surface area contributed by atoms with Gasteiger partial charge in [0.15, 0.2) is 0 Å². The van der Waals surface area contributed by atoms with Crippen molar-refractivity contribution >= 4 is 28.9 Å². The van der Waals surface area contributed by atoms with Gasteiger partial charge in [0.05, 0.1) is 7.11 Å². The largest absolute Gasteiger partial charge is 0.481 e. The molecular formula is C19H19N7O. The molecule has 136 valence electrons. The Hall–Kier alpha value is -3.68. The maximum atomic E-state index is 5.31. The molecule has 0 bridgehead atoms. The average Bonchev–Trinajstić information content (AvgIpc) is 3.08. The summed E-state index contributed by atoms with van der Waals surface area (Å²) in [6, 6.07) is 9.57. The molecule has 4 aromatic heterocycles. The minimum atomic E-state index is 0.399. The number of methoxy groups -OCH3 is 1. The second-order valence-corrected chi connectivity index (χ2v) is 6.15. The molecule has 8 heteroatoms. The molecule has 0 aromatic carbocycles. The van der Waals surface area contributed by atoms with E-state index in [9.17, 15) is 0 Å². The van der Waals surface area contributed by atoms with E-state index in [4.69, 9.17) is 4.74 Å². The van der Waals surface area contributed by atoms with Gasteiger partial charge in [-0.25, -0.2) is 9.97 Å². The van der Waals surface area contributed by atoms with Crippen molar-refractivity contribution < 1.29 is 4.74 Å². The molecule has 0 atom stereocenters. The normalized spacial score (nSPS) is 10.8. The van der Waals surface area contributed by atoms with Crippen molar-refractivity contribution in [1.82, 2.24) is 24.3 Å². The summed E-state index contributed by atoms with van der Waals surface area (Å²) in [6.07, 6.45) is 5.58. The Kier molecular flexibility index (Phi) is 4.29. The first-order valence-electron chi connectivity index (χ1n) is 8.44. The Labute approximate surface area is 156 Å². The van der Waals surface area contributed by atoms with E-state index >= 15 is 0 Å². The second-order valence-electron chi connectivity index (χ2n) is 6.15. The summed E-state index contributed by atoms with van der Waals surface area (Å²) in [5.74, 6) is 2.13. The fraction of sp³-hybridized carbons (Fsp3) is 0.158. The number of fused-ring (bicyclic) bond motifs is 1. The standard InChI is InChI=1S/C19H19N7O/c1-12-8-13(2)21-15(9-12)23-19-24-16(11-18(25-19)27-3)22-14-4-6-26-7-5-20-17(26)10-14/h4-11H,1-3H3,(H2,21,22,23,24,25). The fourth-order valence-electron chi connectivity index (χ4n) is 2.81. The first-order chi connectivity index (χ1) is 13.1. The quantitative estimate of drug-likeness (QED) is 0.561. The minimum absolute atomic E-state index is 0.399. The Bertz CT molecular complexity index is 1090. The number of anilines is 4. The predicted octanol–water partition coefficient (Wildman–Crippen LogP) is 3.63. The summed E-state index contributed by atoms with van der Waals surface area (Å²) >= 11 is 0. The molecule has 0 radical (unpaired) electrons. The zero-order valence-corrected chi connectivity index (χ0v) is 15.3. The van der Waals surface area contributed by atoms with Crippen LogP contribution in [0, 0.1) is 13.8 Å². The molecule has 0 spiro atoms. The van der Waals surface area contributed by atoms with Gasteiger partial charge in [-0.2, -0.15) is 9.97 Å². The van der Waals surface area contributed by atoms with Crippen LogP contribution in [0.2, 0.25) is 0 Å². The number of aryl methyl sites for hydroxylation is 2. The Morgan fingerprint density at radius 1 is 0.926 bits per heavy atom. The Balaban J connectivity index is 1.63. The van der Waals surface area contributed by atoms with E-state index in [0.717, 1.165) is 22.6 Å². The predicted molar refractivity (Wildman–Crippen MR) is 104 cm³/mol. The Morgan fingerprint density at radius 2 is 1.78 bits per heavy atom. The first-order valence-corrected chi connectivity index (χ1v) is 8.44. The van der Waals surface area contributed by atoms with E-state index in [1.54, 1.807) is 19.4 Å². The van der Waals surface area contributed by atoms with Crippen LogP contribution in [0.5, 0.6) is 5.88 Å². The molecule has 0 aliphatic rings. The number of pyridine rings is 2. The minimum Gasteiger partial charge on any atom is -0.481 e. The van der Waals surface area contributed by atoms with E-state index in [0.29, 0.717) is 23.5 Å². The van der Waals surface area contributed by atoms with Crippen LogP contribution in [0.3, 0.4) is 0 Å². The van der Waals surface area contributed by atoms with Gasteiger partial charge >= 0.3 is 0 Å². The first kappa shape index (κ1) is 16.8. The van der Waals surface area contributed by atoms with Crippen LogP contribution in [0.15, 0.2) is 48.9 Å². The molecule has 0 amide bonds. The molecular weight excluding hydrogens is 342 g/mol. The fourth-order valence-corrected chi connectivity index (χ4v) is 2.81. The maximum absolute atomic E-state index is 5.31. The summed E-state index contributed by atoms with van der Waals surface area (Å²) < 4.78 is 7.24. The van der Waals surface area contributed by atoms with Crippen molar-refractivity contribution in [1.29, 1.82) is 0 Å². The van der Waals surface area contributed by atoms with E-state index in [1.807, 2.05) is 54.9 Å². The van der Waals surface area contributed by atoms with E-state index in [1.165, 1.54) is 0 Å². The van der Waals surface area contributed by atoms with Gasteiger partial charge < -0.3 is 19.8 Å². The molecule has 0 aliphatic heterocycles. The van der Waals surface area contributed by atoms with Gasteiger partial charge in [-0.15, -0.1) is 0 Å². The van der Waals surface area contributed by atoms with Gasteiger partial charge in [-0.05, 0) is 37.6 Å². The van der Waals surface area contributed by atoms with Crippen molar-refractivity contribution in [3.05, 3.63) is 60.2 Å². The zero-order chi connectivity index (χ0) is 18.8. The highest BCUT2D eigenvalue weighted by atomic mass is 16.5. The highest BCUT2D eigenvalue weighted by Crippen LogP contribution is 2.23. The molecule has 0 saturated carbocycles. The molecule has 0 aliphatic carbocycles. The number of ether oxygens (including phenoxy) is 1. The van der Waals surface area contributed by atoms with E-state index < -0.39 is 0 Å². The topological polar surface area (TPSA) is 89.3 Å². The molecule has 4 heterocycles. The number of hydrogen-bond acceptors (Lipinski definition) is 7. The molecule has 4 aromatic rings. The molecule has 0 fully saturated rings. The average molecular weight is 361 g/mol. The zero-order valence-electron chi connectivity index (χ0n) is 15.3. The Morgan fingerprint density at radius 3 is 2.59 bits per heavy atom. The lowest BCUT2D eigenvalue weighted by molar-refractivity contribution is 0.398. The van der Waals surface area contributed by atoms with Gasteiger partial charge in [0, 0.05) is 42.1 Å². The molecule has 27 heavy (non-hydrogen) atoms. The lowest BCUT2D eigenvalue weighted by Crippen LogP contribution is -2.04. The van der Waals surface area contributed by atoms with Gasteiger partial charge in [0.2, 0.25) is 11.8 Å². The van der Waals surface area contributed by atoms with Crippen LogP contribution in [0.4, 0.5) is 23.3 Å². The number of nitrogens with zero attached hydrogens (tertiary/aromatic N) is 5. The van der Waals surface area contributed by atoms with Gasteiger partial charge in [-0.1, -0.05) is 0 Å². The van der Waals surface area contributed by atoms with Crippen molar-refractivity contribution in [2.45, 2.75) is 13.8 Å². The van der Waals surface area contributed by atoms with Gasteiger partial charge in [0.1, 0.15) is 17.3 Å². The molecule has 2 N–H and O–H groups in total. The summed E-state index contributed by atoms with van der Waals surface area (Å²) in [6.45, 7) is 3.97. The van der Waals surface area contributed by atoms with Crippen molar-refractivity contribution in [2.24, 2.45) is 0 Å².